The van der Waals surface area contributed by atoms with Crippen molar-refractivity contribution < 1.29 is 4.79 Å². The SMILES string of the molecule is Cc1ccc(C(=O)N2CCN(c3nc4ccccc4c4nnc(C(C)C)n34)C[C@@H]2C)cc1. The Hall–Kier alpha value is -3.48. The lowest BCUT2D eigenvalue weighted by molar-refractivity contribution is 0.0673. The van der Waals surface area contributed by atoms with Crippen LogP contribution in [0, 0.1) is 6.92 Å². The third-order valence-electron chi connectivity index (χ3n) is 6.24. The molecule has 0 N–H and O–H groups in total. The van der Waals surface area contributed by atoms with Crippen molar-refractivity contribution in [3.8, 4) is 0 Å². The van der Waals surface area contributed by atoms with Crippen molar-refractivity contribution in [2.45, 2.75) is 39.7 Å². The second kappa shape index (κ2) is 7.89. The molecule has 1 fully saturated rings. The molecule has 1 amide bonds. The predicted octanol–water partition coefficient (Wildman–Crippen LogP) is 4.06. The molecule has 2 aromatic heterocycles. The summed E-state index contributed by atoms with van der Waals surface area (Å²) in [5, 5.41) is 10.0. The van der Waals surface area contributed by atoms with Gasteiger partial charge >= 0.3 is 0 Å². The Morgan fingerprint density at radius 3 is 2.50 bits per heavy atom. The van der Waals surface area contributed by atoms with Crippen LogP contribution in [0.15, 0.2) is 48.5 Å². The molecule has 0 radical (unpaired) electrons. The Morgan fingerprint density at radius 2 is 1.78 bits per heavy atom. The summed E-state index contributed by atoms with van der Waals surface area (Å²) in [6, 6.07) is 15.9. The highest BCUT2D eigenvalue weighted by atomic mass is 16.2. The van der Waals surface area contributed by atoms with Crippen molar-refractivity contribution in [1.29, 1.82) is 0 Å². The van der Waals surface area contributed by atoms with Gasteiger partial charge in [0.2, 0.25) is 5.95 Å². The van der Waals surface area contributed by atoms with Crippen LogP contribution in [-0.2, 0) is 0 Å². The second-order valence-electron chi connectivity index (χ2n) is 8.96. The van der Waals surface area contributed by atoms with Gasteiger partial charge in [0.15, 0.2) is 5.65 Å². The maximum Gasteiger partial charge on any atom is 0.254 e. The number of carbonyl (C=O) groups excluding carboxylic acids is 1. The highest BCUT2D eigenvalue weighted by Crippen LogP contribution is 2.28. The lowest BCUT2D eigenvalue weighted by atomic mass is 10.1. The van der Waals surface area contributed by atoms with Crippen LogP contribution in [0.2, 0.25) is 0 Å². The van der Waals surface area contributed by atoms with Crippen molar-refractivity contribution in [3.05, 3.63) is 65.5 Å². The van der Waals surface area contributed by atoms with E-state index in [0.29, 0.717) is 19.6 Å². The summed E-state index contributed by atoms with van der Waals surface area (Å²) in [7, 11) is 0. The van der Waals surface area contributed by atoms with Crippen molar-refractivity contribution in [3.63, 3.8) is 0 Å². The van der Waals surface area contributed by atoms with Crippen LogP contribution in [0.5, 0.6) is 0 Å². The number of aryl methyl sites for hydroxylation is 1. The average molecular weight is 429 g/mol. The van der Waals surface area contributed by atoms with E-state index in [1.54, 1.807) is 0 Å². The molecule has 0 saturated carbocycles. The first kappa shape index (κ1) is 20.4. The number of carbonyl (C=O) groups is 1. The minimum absolute atomic E-state index is 0.0554. The summed E-state index contributed by atoms with van der Waals surface area (Å²) in [5.74, 6) is 2.05. The third-order valence-corrected chi connectivity index (χ3v) is 6.24. The molecule has 3 heterocycles. The van der Waals surface area contributed by atoms with Gasteiger partial charge in [-0.05, 0) is 38.1 Å². The quantitative estimate of drug-likeness (QED) is 0.492. The standard InChI is InChI=1S/C25H28N6O/c1-16(2)22-27-28-23-20-7-5-6-8-21(20)26-25(31(22)23)29-13-14-30(18(4)15-29)24(32)19-11-9-17(3)10-12-19/h5-12,16,18H,13-15H2,1-4H3/t18-/m0/s1. The zero-order valence-corrected chi connectivity index (χ0v) is 19.0. The van der Waals surface area contributed by atoms with Gasteiger partial charge in [-0.3, -0.25) is 4.79 Å². The van der Waals surface area contributed by atoms with E-state index in [9.17, 15) is 4.79 Å². The summed E-state index contributed by atoms with van der Waals surface area (Å²) in [6.45, 7) is 10.4. The van der Waals surface area contributed by atoms with E-state index >= 15 is 0 Å². The van der Waals surface area contributed by atoms with Crippen LogP contribution in [-0.4, -0.2) is 56.1 Å². The topological polar surface area (TPSA) is 66.6 Å². The maximum absolute atomic E-state index is 13.1. The number of fused-ring (bicyclic) bond motifs is 3. The number of amides is 1. The Labute approximate surface area is 187 Å². The smallest absolute Gasteiger partial charge is 0.254 e. The minimum Gasteiger partial charge on any atom is -0.338 e. The molecule has 7 nitrogen and oxygen atoms in total. The summed E-state index contributed by atoms with van der Waals surface area (Å²) < 4.78 is 2.09. The van der Waals surface area contributed by atoms with Gasteiger partial charge in [-0.25, -0.2) is 9.38 Å². The van der Waals surface area contributed by atoms with E-state index in [0.717, 1.165) is 39.4 Å². The van der Waals surface area contributed by atoms with Crippen LogP contribution in [0.3, 0.4) is 0 Å². The second-order valence-corrected chi connectivity index (χ2v) is 8.96. The zero-order valence-electron chi connectivity index (χ0n) is 19.0. The number of hydrogen-bond donors (Lipinski definition) is 0. The Bertz CT molecular complexity index is 1290. The lowest BCUT2D eigenvalue weighted by Gasteiger charge is -2.40. The third kappa shape index (κ3) is 3.38. The highest BCUT2D eigenvalue weighted by molar-refractivity contribution is 5.95. The molecular weight excluding hydrogens is 400 g/mol. The number of piperazine rings is 1. The number of para-hydroxylation sites is 1. The molecule has 1 saturated heterocycles. The molecule has 32 heavy (non-hydrogen) atoms. The van der Waals surface area contributed by atoms with E-state index in [1.165, 1.54) is 0 Å². The Kier molecular flexibility index (Phi) is 5.04. The fourth-order valence-electron chi connectivity index (χ4n) is 4.47. The molecular formula is C25H28N6O. The van der Waals surface area contributed by atoms with E-state index in [2.05, 4.69) is 40.3 Å². The summed E-state index contributed by atoms with van der Waals surface area (Å²) in [6.07, 6.45) is 0. The van der Waals surface area contributed by atoms with Gasteiger partial charge in [-0.1, -0.05) is 43.7 Å². The molecule has 0 unspecified atom stereocenters. The predicted molar refractivity (Wildman–Crippen MR) is 126 cm³/mol. The summed E-state index contributed by atoms with van der Waals surface area (Å²) in [4.78, 5) is 22.4. The van der Waals surface area contributed by atoms with Gasteiger partial charge in [0.25, 0.3) is 5.91 Å². The van der Waals surface area contributed by atoms with Crippen molar-refractivity contribution in [1.82, 2.24) is 24.5 Å². The van der Waals surface area contributed by atoms with Crippen molar-refractivity contribution >= 4 is 28.4 Å². The van der Waals surface area contributed by atoms with E-state index in [1.807, 2.05) is 60.4 Å². The fourth-order valence-corrected chi connectivity index (χ4v) is 4.47. The summed E-state index contributed by atoms with van der Waals surface area (Å²) >= 11 is 0. The highest BCUT2D eigenvalue weighted by Gasteiger charge is 2.31. The number of benzene rings is 2. The van der Waals surface area contributed by atoms with Gasteiger partial charge in [0.05, 0.1) is 5.52 Å². The normalized spacial score (nSPS) is 17.0. The van der Waals surface area contributed by atoms with Crippen LogP contribution < -0.4 is 4.90 Å². The van der Waals surface area contributed by atoms with Gasteiger partial charge in [0.1, 0.15) is 5.82 Å². The monoisotopic (exact) mass is 428 g/mol. The van der Waals surface area contributed by atoms with Gasteiger partial charge in [0, 0.05) is 42.5 Å². The van der Waals surface area contributed by atoms with Crippen LogP contribution in [0.25, 0.3) is 16.6 Å². The van der Waals surface area contributed by atoms with E-state index in [4.69, 9.17) is 4.98 Å². The Balaban J connectivity index is 1.50. The van der Waals surface area contributed by atoms with Crippen LogP contribution in [0.4, 0.5) is 5.95 Å². The molecule has 0 spiro atoms. The maximum atomic E-state index is 13.1. The van der Waals surface area contributed by atoms with E-state index < -0.39 is 0 Å². The molecule has 1 atom stereocenters. The molecule has 5 rings (SSSR count). The first-order chi connectivity index (χ1) is 15.4. The van der Waals surface area contributed by atoms with Gasteiger partial charge < -0.3 is 9.80 Å². The molecule has 0 aliphatic carbocycles. The average Bonchev–Trinajstić information content (AvgIpc) is 3.24. The molecule has 2 aromatic carbocycles. The number of nitrogens with zero attached hydrogens (tertiary/aromatic N) is 6. The Morgan fingerprint density at radius 1 is 1.03 bits per heavy atom. The van der Waals surface area contributed by atoms with E-state index in [-0.39, 0.29) is 17.9 Å². The van der Waals surface area contributed by atoms with Gasteiger partial charge in [-0.15, -0.1) is 10.2 Å². The number of anilines is 1. The molecule has 7 heteroatoms. The summed E-state index contributed by atoms with van der Waals surface area (Å²) in [5.41, 5.74) is 3.63. The first-order valence-corrected chi connectivity index (χ1v) is 11.2. The zero-order chi connectivity index (χ0) is 22.4. The first-order valence-electron chi connectivity index (χ1n) is 11.2. The largest absolute Gasteiger partial charge is 0.338 e. The molecule has 4 aromatic rings. The number of hydrogen-bond acceptors (Lipinski definition) is 5. The lowest BCUT2D eigenvalue weighted by Crippen LogP contribution is -2.54. The number of rotatable bonds is 3. The molecule has 164 valence electrons. The van der Waals surface area contributed by atoms with Crippen molar-refractivity contribution in [2.24, 2.45) is 0 Å². The molecule has 1 aliphatic heterocycles. The molecule has 0 bridgehead atoms. The molecule has 1 aliphatic rings. The van der Waals surface area contributed by atoms with Crippen LogP contribution in [0.1, 0.15) is 48.4 Å². The fraction of sp³-hybridized carbons (Fsp3) is 0.360. The minimum atomic E-state index is 0.0554. The van der Waals surface area contributed by atoms with Crippen LogP contribution >= 0.6 is 0 Å². The number of aromatic nitrogens is 4. The van der Waals surface area contributed by atoms with Gasteiger partial charge in [-0.2, -0.15) is 0 Å². The van der Waals surface area contributed by atoms with Crippen molar-refractivity contribution in [2.75, 3.05) is 24.5 Å².